The summed E-state index contributed by atoms with van der Waals surface area (Å²) in [5.41, 5.74) is 0.918. The van der Waals surface area contributed by atoms with Crippen LogP contribution in [0.15, 0.2) is 18.2 Å². The average molecular weight is 236 g/mol. The van der Waals surface area contributed by atoms with Gasteiger partial charge < -0.3 is 14.6 Å². The van der Waals surface area contributed by atoms with Crippen molar-refractivity contribution >= 4 is 0 Å². The fourth-order valence-electron chi connectivity index (χ4n) is 2.19. The van der Waals surface area contributed by atoms with Crippen molar-refractivity contribution < 1.29 is 14.6 Å². The summed E-state index contributed by atoms with van der Waals surface area (Å²) in [7, 11) is 0. The molecular formula is C14H20O3. The summed E-state index contributed by atoms with van der Waals surface area (Å²) in [5.74, 6) is 2.09. The van der Waals surface area contributed by atoms with Gasteiger partial charge in [0.2, 0.25) is 6.79 Å². The summed E-state index contributed by atoms with van der Waals surface area (Å²) in [6, 6.07) is 5.67. The van der Waals surface area contributed by atoms with E-state index in [0.29, 0.717) is 5.92 Å². The number of rotatable bonds is 5. The third-order valence-corrected chi connectivity index (χ3v) is 3.49. The molecule has 0 radical (unpaired) electrons. The topological polar surface area (TPSA) is 38.7 Å². The fourth-order valence-corrected chi connectivity index (χ4v) is 2.19. The Hall–Kier alpha value is -1.22. The molecule has 1 atom stereocenters. The Balaban J connectivity index is 2.06. The highest BCUT2D eigenvalue weighted by molar-refractivity contribution is 5.45. The van der Waals surface area contributed by atoms with Crippen LogP contribution in [0.3, 0.4) is 0 Å². The Kier molecular flexibility index (Phi) is 3.89. The van der Waals surface area contributed by atoms with Gasteiger partial charge in [0.1, 0.15) is 0 Å². The number of benzene rings is 1. The second-order valence-corrected chi connectivity index (χ2v) is 4.55. The third kappa shape index (κ3) is 2.72. The molecule has 0 saturated heterocycles. The molecule has 0 bridgehead atoms. The summed E-state index contributed by atoms with van der Waals surface area (Å²) in [6.45, 7) is 4.61. The Morgan fingerprint density at radius 2 is 1.88 bits per heavy atom. The normalized spacial score (nSPS) is 15.3. The lowest BCUT2D eigenvalue weighted by Crippen LogP contribution is -2.06. The van der Waals surface area contributed by atoms with Crippen molar-refractivity contribution in [3.05, 3.63) is 23.8 Å². The maximum Gasteiger partial charge on any atom is 0.231 e. The predicted octanol–water partition coefficient (Wildman–Crippen LogP) is 3.28. The van der Waals surface area contributed by atoms with Gasteiger partial charge in [-0.05, 0) is 30.0 Å². The van der Waals surface area contributed by atoms with Crippen LogP contribution in [0.5, 0.6) is 11.5 Å². The summed E-state index contributed by atoms with van der Waals surface area (Å²) < 4.78 is 10.6. The van der Waals surface area contributed by atoms with Crippen molar-refractivity contribution in [3.63, 3.8) is 0 Å². The molecule has 1 unspecified atom stereocenters. The van der Waals surface area contributed by atoms with Crippen molar-refractivity contribution in [1.82, 2.24) is 0 Å². The molecule has 1 aromatic carbocycles. The number of aliphatic hydroxyl groups is 1. The van der Waals surface area contributed by atoms with Gasteiger partial charge in [-0.2, -0.15) is 0 Å². The summed E-state index contributed by atoms with van der Waals surface area (Å²) >= 11 is 0. The molecule has 3 nitrogen and oxygen atoms in total. The highest BCUT2D eigenvalue weighted by Gasteiger charge is 2.18. The molecule has 3 heteroatoms. The molecule has 1 heterocycles. The summed E-state index contributed by atoms with van der Waals surface area (Å²) in [6.07, 6.45) is 2.62. The maximum atomic E-state index is 10.2. The Morgan fingerprint density at radius 1 is 1.18 bits per heavy atom. The first kappa shape index (κ1) is 12.2. The number of aliphatic hydroxyl groups excluding tert-OH is 1. The minimum absolute atomic E-state index is 0.279. The van der Waals surface area contributed by atoms with Gasteiger partial charge >= 0.3 is 0 Å². The van der Waals surface area contributed by atoms with Crippen LogP contribution in [0.4, 0.5) is 0 Å². The highest BCUT2D eigenvalue weighted by atomic mass is 16.7. The van der Waals surface area contributed by atoms with E-state index in [4.69, 9.17) is 9.47 Å². The van der Waals surface area contributed by atoms with Crippen molar-refractivity contribution in [3.8, 4) is 11.5 Å². The number of hydrogen-bond donors (Lipinski definition) is 1. The van der Waals surface area contributed by atoms with E-state index in [1.165, 1.54) is 0 Å². The van der Waals surface area contributed by atoms with Gasteiger partial charge in [0.15, 0.2) is 11.5 Å². The van der Waals surface area contributed by atoms with Crippen LogP contribution in [0.2, 0.25) is 0 Å². The smallest absolute Gasteiger partial charge is 0.231 e. The molecule has 0 spiro atoms. The van der Waals surface area contributed by atoms with Crippen LogP contribution in [0.25, 0.3) is 0 Å². The van der Waals surface area contributed by atoms with Crippen LogP contribution >= 0.6 is 0 Å². The van der Waals surface area contributed by atoms with Gasteiger partial charge in [-0.25, -0.2) is 0 Å². The molecule has 1 aromatic rings. The zero-order valence-corrected chi connectivity index (χ0v) is 10.5. The maximum absolute atomic E-state index is 10.2. The lowest BCUT2D eigenvalue weighted by Gasteiger charge is -2.17. The monoisotopic (exact) mass is 236 g/mol. The van der Waals surface area contributed by atoms with Gasteiger partial charge in [-0.1, -0.05) is 32.8 Å². The van der Waals surface area contributed by atoms with Crippen LogP contribution in [-0.2, 0) is 0 Å². The minimum Gasteiger partial charge on any atom is -0.454 e. The zero-order valence-electron chi connectivity index (χ0n) is 10.5. The van der Waals surface area contributed by atoms with Gasteiger partial charge in [0.25, 0.3) is 0 Å². The molecule has 0 saturated carbocycles. The Bertz CT molecular complexity index is 372. The largest absolute Gasteiger partial charge is 0.454 e. The average Bonchev–Trinajstić information content (AvgIpc) is 2.82. The lowest BCUT2D eigenvalue weighted by molar-refractivity contribution is 0.140. The lowest BCUT2D eigenvalue weighted by atomic mass is 9.93. The second kappa shape index (κ2) is 5.41. The van der Waals surface area contributed by atoms with Crippen LogP contribution in [0.1, 0.15) is 44.8 Å². The Morgan fingerprint density at radius 3 is 2.59 bits per heavy atom. The molecule has 0 aromatic heterocycles. The van der Waals surface area contributed by atoms with Crippen LogP contribution in [-0.4, -0.2) is 11.9 Å². The molecule has 0 aliphatic carbocycles. The van der Waals surface area contributed by atoms with Crippen molar-refractivity contribution in [2.24, 2.45) is 5.92 Å². The quantitative estimate of drug-likeness (QED) is 0.852. The van der Waals surface area contributed by atoms with Crippen molar-refractivity contribution in [2.75, 3.05) is 6.79 Å². The van der Waals surface area contributed by atoms with E-state index in [1.54, 1.807) is 0 Å². The van der Waals surface area contributed by atoms with Gasteiger partial charge in [0.05, 0.1) is 6.10 Å². The summed E-state index contributed by atoms with van der Waals surface area (Å²) in [5, 5.41) is 10.2. The zero-order chi connectivity index (χ0) is 12.3. The van der Waals surface area contributed by atoms with Gasteiger partial charge in [-0.3, -0.25) is 0 Å². The van der Waals surface area contributed by atoms with Crippen LogP contribution in [0, 0.1) is 5.92 Å². The van der Waals surface area contributed by atoms with E-state index in [1.807, 2.05) is 18.2 Å². The second-order valence-electron chi connectivity index (χ2n) is 4.55. The molecule has 0 fully saturated rings. The standard InChI is InChI=1S/C14H20O3/c1-3-10(4-2)7-12(15)11-5-6-13-14(8-11)17-9-16-13/h5-6,8,10,12,15H,3-4,7,9H2,1-2H3. The molecule has 1 aliphatic heterocycles. The first-order chi connectivity index (χ1) is 8.24. The van der Waals surface area contributed by atoms with E-state index < -0.39 is 6.10 Å². The first-order valence-electron chi connectivity index (χ1n) is 6.32. The first-order valence-corrected chi connectivity index (χ1v) is 6.32. The third-order valence-electron chi connectivity index (χ3n) is 3.49. The van der Waals surface area contributed by atoms with Crippen molar-refractivity contribution in [2.45, 2.75) is 39.2 Å². The minimum atomic E-state index is -0.408. The molecule has 2 rings (SSSR count). The Labute approximate surface area is 102 Å². The van der Waals surface area contributed by atoms with E-state index in [9.17, 15) is 5.11 Å². The molecule has 17 heavy (non-hydrogen) atoms. The molecule has 94 valence electrons. The van der Waals surface area contributed by atoms with Crippen LogP contribution < -0.4 is 9.47 Å². The van der Waals surface area contributed by atoms with Crippen molar-refractivity contribution in [1.29, 1.82) is 0 Å². The number of fused-ring (bicyclic) bond motifs is 1. The van der Waals surface area contributed by atoms with Gasteiger partial charge in [0, 0.05) is 0 Å². The molecular weight excluding hydrogens is 216 g/mol. The van der Waals surface area contributed by atoms with E-state index in [0.717, 1.165) is 36.3 Å². The van der Waals surface area contributed by atoms with E-state index in [2.05, 4.69) is 13.8 Å². The van der Waals surface area contributed by atoms with E-state index >= 15 is 0 Å². The molecule has 0 amide bonds. The summed E-state index contributed by atoms with van der Waals surface area (Å²) in [4.78, 5) is 0. The molecule has 1 N–H and O–H groups in total. The SMILES string of the molecule is CCC(CC)CC(O)c1ccc2c(c1)OCO2. The fraction of sp³-hybridized carbons (Fsp3) is 0.571. The van der Waals surface area contributed by atoms with E-state index in [-0.39, 0.29) is 6.79 Å². The predicted molar refractivity (Wildman–Crippen MR) is 66.2 cm³/mol. The number of hydrogen-bond acceptors (Lipinski definition) is 3. The number of ether oxygens (including phenoxy) is 2. The molecule has 1 aliphatic rings. The van der Waals surface area contributed by atoms with Gasteiger partial charge in [-0.15, -0.1) is 0 Å². The highest BCUT2D eigenvalue weighted by Crippen LogP contribution is 2.35.